The van der Waals surface area contributed by atoms with E-state index in [2.05, 4.69) is 30.3 Å². The highest BCUT2D eigenvalue weighted by atomic mass is 16.6. The highest BCUT2D eigenvalue weighted by molar-refractivity contribution is 6.01. The first-order chi connectivity index (χ1) is 7.29. The third-order valence-corrected chi connectivity index (χ3v) is 2.57. The first kappa shape index (κ1) is 10.2. The fourth-order valence-electron chi connectivity index (χ4n) is 1.76. The Morgan fingerprint density at radius 2 is 2.40 bits per heavy atom. The maximum atomic E-state index is 5.49. The Morgan fingerprint density at radius 1 is 1.53 bits per heavy atom. The van der Waals surface area contributed by atoms with Gasteiger partial charge in [0.15, 0.2) is 0 Å². The highest BCUT2D eigenvalue weighted by Gasteiger charge is 2.21. The minimum Gasteiger partial charge on any atom is -0.392 e. The van der Waals surface area contributed by atoms with Crippen LogP contribution in [0.5, 0.6) is 0 Å². The van der Waals surface area contributed by atoms with Crippen LogP contribution in [0.2, 0.25) is 0 Å². The molecule has 15 heavy (non-hydrogen) atoms. The van der Waals surface area contributed by atoms with Crippen LogP contribution in [0.4, 0.5) is 0 Å². The summed E-state index contributed by atoms with van der Waals surface area (Å²) in [6.07, 6.45) is 1.92. The monoisotopic (exact) mass is 204 g/mol. The van der Waals surface area contributed by atoms with Crippen molar-refractivity contribution in [3.05, 3.63) is 35.4 Å². The molecule has 3 heteroatoms. The second-order valence-corrected chi connectivity index (χ2v) is 3.92. The summed E-state index contributed by atoms with van der Waals surface area (Å²) < 4.78 is 0. The number of hydrogen-bond donors (Lipinski definition) is 1. The van der Waals surface area contributed by atoms with Crippen molar-refractivity contribution in [3.8, 4) is 0 Å². The van der Waals surface area contributed by atoms with Gasteiger partial charge in [0.2, 0.25) is 0 Å². The summed E-state index contributed by atoms with van der Waals surface area (Å²) in [5, 5.41) is 4.11. The molecular weight excluding hydrogens is 188 g/mol. The number of benzene rings is 1. The fourth-order valence-corrected chi connectivity index (χ4v) is 1.76. The lowest BCUT2D eigenvalue weighted by Gasteiger charge is -2.04. The molecule has 0 spiro atoms. The Morgan fingerprint density at radius 3 is 3.13 bits per heavy atom. The van der Waals surface area contributed by atoms with Crippen molar-refractivity contribution in [2.45, 2.75) is 25.9 Å². The van der Waals surface area contributed by atoms with E-state index in [9.17, 15) is 0 Å². The Bertz CT molecular complexity index is 374. The quantitative estimate of drug-likeness (QED) is 0.816. The molecule has 2 N–H and O–H groups in total. The van der Waals surface area contributed by atoms with Crippen LogP contribution in [0.25, 0.3) is 0 Å². The van der Waals surface area contributed by atoms with E-state index in [-0.39, 0.29) is 6.10 Å². The van der Waals surface area contributed by atoms with Crippen LogP contribution in [-0.2, 0) is 4.84 Å². The van der Waals surface area contributed by atoms with Gasteiger partial charge < -0.3 is 10.6 Å². The molecule has 1 aromatic carbocycles. The van der Waals surface area contributed by atoms with E-state index in [4.69, 9.17) is 10.6 Å². The molecular formula is C12H16N2O. The second kappa shape index (κ2) is 4.45. The van der Waals surface area contributed by atoms with Gasteiger partial charge in [-0.2, -0.15) is 0 Å². The standard InChI is InChI=1S/C12H16N2O/c1-9-3-2-4-10(7-9)12-8-11(5-6-13)15-14-12/h2-4,7,11H,5-6,8,13H2,1H3. The molecule has 0 saturated heterocycles. The average Bonchev–Trinajstić information content (AvgIpc) is 2.67. The zero-order valence-corrected chi connectivity index (χ0v) is 8.94. The van der Waals surface area contributed by atoms with Gasteiger partial charge in [0, 0.05) is 6.42 Å². The smallest absolute Gasteiger partial charge is 0.134 e. The summed E-state index contributed by atoms with van der Waals surface area (Å²) in [6.45, 7) is 2.73. The molecule has 3 nitrogen and oxygen atoms in total. The minimum atomic E-state index is 0.172. The van der Waals surface area contributed by atoms with Crippen molar-refractivity contribution < 1.29 is 4.84 Å². The summed E-state index contributed by atoms with van der Waals surface area (Å²) in [5.74, 6) is 0. The molecule has 1 aromatic rings. The van der Waals surface area contributed by atoms with E-state index in [0.29, 0.717) is 6.54 Å². The Kier molecular flexibility index (Phi) is 3.02. The SMILES string of the molecule is Cc1cccc(C2=NOC(CCN)C2)c1. The molecule has 0 radical (unpaired) electrons. The third kappa shape index (κ3) is 2.36. The zero-order valence-electron chi connectivity index (χ0n) is 8.94. The molecule has 1 aliphatic rings. The van der Waals surface area contributed by atoms with Crippen molar-refractivity contribution in [1.29, 1.82) is 0 Å². The summed E-state index contributed by atoms with van der Waals surface area (Å²) in [6, 6.07) is 8.33. The van der Waals surface area contributed by atoms with E-state index in [1.807, 2.05) is 6.07 Å². The van der Waals surface area contributed by atoms with E-state index in [0.717, 1.165) is 24.1 Å². The first-order valence-corrected chi connectivity index (χ1v) is 5.29. The van der Waals surface area contributed by atoms with Crippen LogP contribution in [0, 0.1) is 6.92 Å². The number of nitrogens with zero attached hydrogens (tertiary/aromatic N) is 1. The van der Waals surface area contributed by atoms with Crippen molar-refractivity contribution in [1.82, 2.24) is 0 Å². The van der Waals surface area contributed by atoms with Gasteiger partial charge in [-0.15, -0.1) is 0 Å². The van der Waals surface area contributed by atoms with Gasteiger partial charge in [-0.25, -0.2) is 0 Å². The third-order valence-electron chi connectivity index (χ3n) is 2.57. The van der Waals surface area contributed by atoms with Gasteiger partial charge in [-0.3, -0.25) is 0 Å². The van der Waals surface area contributed by atoms with Gasteiger partial charge >= 0.3 is 0 Å². The molecule has 80 valence electrons. The van der Waals surface area contributed by atoms with Crippen molar-refractivity contribution in [3.63, 3.8) is 0 Å². The Balaban J connectivity index is 2.07. The topological polar surface area (TPSA) is 47.6 Å². The summed E-state index contributed by atoms with van der Waals surface area (Å²) >= 11 is 0. The Hall–Kier alpha value is -1.35. The molecule has 0 bridgehead atoms. The van der Waals surface area contributed by atoms with Gasteiger partial charge in [0.25, 0.3) is 0 Å². The number of nitrogens with two attached hydrogens (primary N) is 1. The van der Waals surface area contributed by atoms with E-state index < -0.39 is 0 Å². The minimum absolute atomic E-state index is 0.172. The van der Waals surface area contributed by atoms with Gasteiger partial charge in [0.1, 0.15) is 6.10 Å². The van der Waals surface area contributed by atoms with E-state index in [1.54, 1.807) is 0 Å². The number of oxime groups is 1. The first-order valence-electron chi connectivity index (χ1n) is 5.29. The maximum Gasteiger partial charge on any atom is 0.134 e. The highest BCUT2D eigenvalue weighted by Crippen LogP contribution is 2.18. The second-order valence-electron chi connectivity index (χ2n) is 3.92. The lowest BCUT2D eigenvalue weighted by Crippen LogP contribution is -2.14. The Labute approximate surface area is 89.9 Å². The maximum absolute atomic E-state index is 5.49. The van der Waals surface area contributed by atoms with Crippen LogP contribution >= 0.6 is 0 Å². The lowest BCUT2D eigenvalue weighted by atomic mass is 10.0. The number of hydrogen-bond acceptors (Lipinski definition) is 3. The molecule has 0 fully saturated rings. The van der Waals surface area contributed by atoms with Gasteiger partial charge in [-0.05, 0) is 25.5 Å². The summed E-state index contributed by atoms with van der Waals surface area (Å²) in [7, 11) is 0. The summed E-state index contributed by atoms with van der Waals surface area (Å²) in [5.41, 5.74) is 8.93. The largest absolute Gasteiger partial charge is 0.392 e. The van der Waals surface area contributed by atoms with Crippen molar-refractivity contribution in [2.24, 2.45) is 10.9 Å². The van der Waals surface area contributed by atoms with E-state index >= 15 is 0 Å². The van der Waals surface area contributed by atoms with Crippen LogP contribution < -0.4 is 5.73 Å². The number of rotatable bonds is 3. The van der Waals surface area contributed by atoms with Gasteiger partial charge in [-0.1, -0.05) is 35.0 Å². The number of aryl methyl sites for hydroxylation is 1. The predicted octanol–water partition coefficient (Wildman–Crippen LogP) is 1.84. The summed E-state index contributed by atoms with van der Waals surface area (Å²) in [4.78, 5) is 5.31. The predicted molar refractivity (Wildman–Crippen MR) is 60.9 cm³/mol. The normalized spacial score (nSPS) is 19.9. The van der Waals surface area contributed by atoms with Crippen LogP contribution in [0.15, 0.2) is 29.4 Å². The molecule has 0 aliphatic carbocycles. The van der Waals surface area contributed by atoms with Crippen molar-refractivity contribution in [2.75, 3.05) is 6.54 Å². The van der Waals surface area contributed by atoms with Crippen LogP contribution in [-0.4, -0.2) is 18.4 Å². The molecule has 1 atom stereocenters. The lowest BCUT2D eigenvalue weighted by molar-refractivity contribution is 0.0810. The molecule has 0 aromatic heterocycles. The average molecular weight is 204 g/mol. The molecule has 0 amide bonds. The van der Waals surface area contributed by atoms with Gasteiger partial charge in [0.05, 0.1) is 5.71 Å². The fraction of sp³-hybridized carbons (Fsp3) is 0.417. The van der Waals surface area contributed by atoms with Crippen molar-refractivity contribution >= 4 is 5.71 Å². The van der Waals surface area contributed by atoms with Crippen LogP contribution in [0.1, 0.15) is 24.0 Å². The molecule has 1 aliphatic heterocycles. The van der Waals surface area contributed by atoms with Crippen LogP contribution in [0.3, 0.4) is 0 Å². The van der Waals surface area contributed by atoms with E-state index in [1.165, 1.54) is 5.56 Å². The molecule has 0 saturated carbocycles. The molecule has 1 unspecified atom stereocenters. The zero-order chi connectivity index (χ0) is 10.7. The molecule has 2 rings (SSSR count). The molecule has 1 heterocycles.